The number of rotatable bonds is 5. The standard InChI is InChI=1S/C28H30N2O2/c1-2-17-32-28(31)29-22-18-25-23(20-9-5-3-6-10-20)13-15-30-16-14-24(26(19-22)27(25)30)21-11-7-4-8-12-21/h3-12,18-19,23-24H,2,13-17H2,1H3,(H,29,31)/t23-,24-/m0/s1. The lowest BCUT2D eigenvalue weighted by atomic mass is 9.76. The Morgan fingerprint density at radius 1 is 0.906 bits per heavy atom. The fraction of sp³-hybridized carbons (Fsp3) is 0.321. The maximum Gasteiger partial charge on any atom is 0.411 e. The molecule has 0 fully saturated rings. The molecule has 2 aliphatic rings. The van der Waals surface area contributed by atoms with E-state index in [1.54, 1.807) is 0 Å². The van der Waals surface area contributed by atoms with Crippen molar-refractivity contribution in [3.63, 3.8) is 0 Å². The molecule has 3 aromatic rings. The minimum atomic E-state index is -0.380. The SMILES string of the molecule is CCCOC(=O)Nc1cc2c3c(c1)[C@H](c1ccccc1)CCN3CC[C@H]2c1ccccc1. The van der Waals surface area contributed by atoms with E-state index in [2.05, 4.69) is 83.0 Å². The summed E-state index contributed by atoms with van der Waals surface area (Å²) in [5.41, 5.74) is 7.48. The lowest BCUT2D eigenvalue weighted by Crippen LogP contribution is -2.37. The highest BCUT2D eigenvalue weighted by Crippen LogP contribution is 2.49. The Kier molecular flexibility index (Phi) is 5.85. The highest BCUT2D eigenvalue weighted by atomic mass is 16.5. The van der Waals surface area contributed by atoms with E-state index in [0.717, 1.165) is 38.0 Å². The van der Waals surface area contributed by atoms with Crippen molar-refractivity contribution >= 4 is 17.5 Å². The van der Waals surface area contributed by atoms with E-state index < -0.39 is 0 Å². The van der Waals surface area contributed by atoms with Crippen LogP contribution in [0, 0.1) is 0 Å². The van der Waals surface area contributed by atoms with Gasteiger partial charge in [0.15, 0.2) is 0 Å². The van der Waals surface area contributed by atoms with Crippen LogP contribution in [0.25, 0.3) is 0 Å². The molecular formula is C28H30N2O2. The molecule has 2 atom stereocenters. The zero-order valence-electron chi connectivity index (χ0n) is 18.6. The number of hydrogen-bond donors (Lipinski definition) is 1. The van der Waals surface area contributed by atoms with Gasteiger partial charge in [-0.05, 0) is 53.6 Å². The predicted octanol–water partition coefficient (Wildman–Crippen LogP) is 6.52. The van der Waals surface area contributed by atoms with E-state index >= 15 is 0 Å². The van der Waals surface area contributed by atoms with Crippen molar-refractivity contribution < 1.29 is 9.53 Å². The van der Waals surface area contributed by atoms with Crippen LogP contribution in [0.3, 0.4) is 0 Å². The third-order valence-electron chi connectivity index (χ3n) is 6.70. The number of anilines is 2. The second kappa shape index (κ2) is 9.07. The Morgan fingerprint density at radius 3 is 1.94 bits per heavy atom. The van der Waals surface area contributed by atoms with E-state index in [1.165, 1.54) is 27.9 Å². The number of carbonyl (C=O) groups is 1. The minimum absolute atomic E-state index is 0.323. The average molecular weight is 427 g/mol. The van der Waals surface area contributed by atoms with E-state index in [9.17, 15) is 4.79 Å². The Bertz CT molecular complexity index is 1010. The Labute approximate surface area is 190 Å². The van der Waals surface area contributed by atoms with Gasteiger partial charge in [0.2, 0.25) is 0 Å². The molecule has 164 valence electrons. The largest absolute Gasteiger partial charge is 0.449 e. The summed E-state index contributed by atoms with van der Waals surface area (Å²) in [7, 11) is 0. The summed E-state index contributed by atoms with van der Waals surface area (Å²) in [5.74, 6) is 0.647. The number of benzene rings is 3. The van der Waals surface area contributed by atoms with Crippen LogP contribution < -0.4 is 10.2 Å². The second-order valence-electron chi connectivity index (χ2n) is 8.76. The van der Waals surface area contributed by atoms with Crippen molar-refractivity contribution in [1.29, 1.82) is 0 Å². The number of hydrogen-bond acceptors (Lipinski definition) is 3. The van der Waals surface area contributed by atoms with Crippen molar-refractivity contribution in [2.24, 2.45) is 0 Å². The lowest BCUT2D eigenvalue weighted by molar-refractivity contribution is 0.161. The first-order valence-electron chi connectivity index (χ1n) is 11.7. The summed E-state index contributed by atoms with van der Waals surface area (Å²) in [5, 5.41) is 3.00. The van der Waals surface area contributed by atoms with E-state index in [4.69, 9.17) is 4.74 Å². The number of nitrogens with zero attached hydrogens (tertiary/aromatic N) is 1. The summed E-state index contributed by atoms with van der Waals surface area (Å²) >= 11 is 0. The molecule has 32 heavy (non-hydrogen) atoms. The molecule has 0 radical (unpaired) electrons. The Hall–Kier alpha value is -3.27. The van der Waals surface area contributed by atoms with E-state index in [1.807, 2.05) is 6.92 Å². The monoisotopic (exact) mass is 426 g/mol. The molecule has 5 rings (SSSR count). The lowest BCUT2D eigenvalue weighted by Gasteiger charge is -2.43. The molecule has 0 aliphatic carbocycles. The highest BCUT2D eigenvalue weighted by Gasteiger charge is 2.35. The zero-order valence-corrected chi connectivity index (χ0v) is 18.6. The number of amides is 1. The van der Waals surface area contributed by atoms with Crippen molar-refractivity contribution in [2.75, 3.05) is 29.9 Å². The van der Waals surface area contributed by atoms with Crippen molar-refractivity contribution in [3.8, 4) is 0 Å². The minimum Gasteiger partial charge on any atom is -0.449 e. The van der Waals surface area contributed by atoms with Gasteiger partial charge in [0.1, 0.15) is 0 Å². The summed E-state index contributed by atoms with van der Waals surface area (Å²) in [4.78, 5) is 14.9. The molecule has 1 amide bonds. The van der Waals surface area contributed by atoms with Crippen molar-refractivity contribution in [3.05, 3.63) is 95.1 Å². The van der Waals surface area contributed by atoms with Gasteiger partial charge in [-0.15, -0.1) is 0 Å². The van der Waals surface area contributed by atoms with Crippen LogP contribution in [0.5, 0.6) is 0 Å². The third kappa shape index (κ3) is 3.97. The summed E-state index contributed by atoms with van der Waals surface area (Å²) in [6.07, 6.45) is 2.59. The number of ether oxygens (including phenoxy) is 1. The first kappa shape index (κ1) is 20.6. The van der Waals surface area contributed by atoms with Gasteiger partial charge >= 0.3 is 6.09 Å². The van der Waals surface area contributed by atoms with Crippen LogP contribution >= 0.6 is 0 Å². The van der Waals surface area contributed by atoms with Gasteiger partial charge in [0.05, 0.1) is 6.61 Å². The third-order valence-corrected chi connectivity index (χ3v) is 6.70. The molecule has 3 aromatic carbocycles. The molecule has 4 heteroatoms. The molecule has 2 heterocycles. The molecule has 2 aliphatic heterocycles. The molecule has 0 saturated carbocycles. The van der Waals surface area contributed by atoms with Crippen molar-refractivity contribution in [1.82, 2.24) is 0 Å². The van der Waals surface area contributed by atoms with Crippen molar-refractivity contribution in [2.45, 2.75) is 38.0 Å². The molecule has 0 unspecified atom stereocenters. The number of carbonyl (C=O) groups excluding carboxylic acids is 1. The van der Waals surface area contributed by atoms with Gasteiger partial charge < -0.3 is 9.64 Å². The molecule has 1 N–H and O–H groups in total. The maximum atomic E-state index is 12.4. The fourth-order valence-electron chi connectivity index (χ4n) is 5.28. The van der Waals surface area contributed by atoms with Crippen LogP contribution in [0.4, 0.5) is 16.2 Å². The normalized spacial score (nSPS) is 19.2. The highest BCUT2D eigenvalue weighted by molar-refractivity contribution is 5.86. The van der Waals surface area contributed by atoms with E-state index in [0.29, 0.717) is 18.4 Å². The van der Waals surface area contributed by atoms with Crippen LogP contribution in [-0.2, 0) is 4.74 Å². The van der Waals surface area contributed by atoms with Gasteiger partial charge in [-0.2, -0.15) is 0 Å². The first-order valence-corrected chi connectivity index (χ1v) is 11.7. The van der Waals surface area contributed by atoms with Gasteiger partial charge in [-0.3, -0.25) is 5.32 Å². The molecule has 0 saturated heterocycles. The van der Waals surface area contributed by atoms with Crippen LogP contribution in [0.2, 0.25) is 0 Å². The maximum absolute atomic E-state index is 12.4. The summed E-state index contributed by atoms with van der Waals surface area (Å²) < 4.78 is 5.31. The Balaban J connectivity index is 1.62. The first-order chi connectivity index (χ1) is 15.7. The quantitative estimate of drug-likeness (QED) is 0.505. The average Bonchev–Trinajstić information content (AvgIpc) is 2.84. The molecule has 0 bridgehead atoms. The van der Waals surface area contributed by atoms with Gasteiger partial charge in [-0.1, -0.05) is 67.6 Å². The van der Waals surface area contributed by atoms with Crippen LogP contribution in [-0.4, -0.2) is 25.8 Å². The zero-order chi connectivity index (χ0) is 21.9. The molecule has 4 nitrogen and oxygen atoms in total. The molecule has 0 spiro atoms. The second-order valence-corrected chi connectivity index (χ2v) is 8.76. The number of nitrogens with one attached hydrogen (secondary N) is 1. The topological polar surface area (TPSA) is 41.6 Å². The predicted molar refractivity (Wildman–Crippen MR) is 130 cm³/mol. The fourth-order valence-corrected chi connectivity index (χ4v) is 5.28. The smallest absolute Gasteiger partial charge is 0.411 e. The van der Waals surface area contributed by atoms with Crippen LogP contribution in [0.15, 0.2) is 72.8 Å². The Morgan fingerprint density at radius 2 is 1.44 bits per heavy atom. The van der Waals surface area contributed by atoms with E-state index in [-0.39, 0.29) is 6.09 Å². The van der Waals surface area contributed by atoms with Gasteiger partial charge in [0, 0.05) is 36.3 Å². The molecular weight excluding hydrogens is 396 g/mol. The van der Waals surface area contributed by atoms with Gasteiger partial charge in [0.25, 0.3) is 0 Å². The molecule has 0 aromatic heterocycles. The summed E-state index contributed by atoms with van der Waals surface area (Å²) in [6, 6.07) is 25.8. The van der Waals surface area contributed by atoms with Crippen LogP contribution in [0.1, 0.15) is 60.3 Å². The van der Waals surface area contributed by atoms with Gasteiger partial charge in [-0.25, -0.2) is 4.79 Å². The summed E-state index contributed by atoms with van der Waals surface area (Å²) in [6.45, 7) is 4.55.